The van der Waals surface area contributed by atoms with Gasteiger partial charge in [0.05, 0.1) is 17.7 Å². The van der Waals surface area contributed by atoms with Gasteiger partial charge in [-0.25, -0.2) is 8.78 Å². The molecule has 3 rings (SSSR count). The number of amides is 1. The van der Waals surface area contributed by atoms with E-state index in [1.807, 2.05) is 46.8 Å². The fourth-order valence-corrected chi connectivity index (χ4v) is 3.14. The number of aryl methyl sites for hydroxylation is 1. The van der Waals surface area contributed by atoms with E-state index >= 15 is 0 Å². The number of carbonyl (C=O) groups is 1. The number of rotatable bonds is 4. The number of halogens is 2. The minimum atomic E-state index is -2.80. The van der Waals surface area contributed by atoms with Gasteiger partial charge in [0.25, 0.3) is 11.8 Å². The second-order valence-electron chi connectivity index (χ2n) is 8.32. The van der Waals surface area contributed by atoms with Crippen molar-refractivity contribution in [1.29, 1.82) is 0 Å². The smallest absolute Gasteiger partial charge is 0.484 e. The molecule has 0 spiro atoms. The third kappa shape index (κ3) is 4.11. The first-order valence-electron chi connectivity index (χ1n) is 9.15. The van der Waals surface area contributed by atoms with E-state index in [4.69, 9.17) is 14.0 Å². The average molecular weight is 381 g/mol. The molecule has 2 aliphatic rings. The number of benzene rings is 1. The van der Waals surface area contributed by atoms with E-state index in [0.717, 1.165) is 15.9 Å². The lowest BCUT2D eigenvalue weighted by Gasteiger charge is -2.32. The SMILES string of the molecule is Cc1cc(B2OC(C)(C)C(C)(C)O2)ccc1OCC(=O)N1CCC(F)(F)C1. The summed E-state index contributed by atoms with van der Waals surface area (Å²) >= 11 is 0. The van der Waals surface area contributed by atoms with Crippen molar-refractivity contribution in [2.45, 2.75) is 58.2 Å². The minimum Gasteiger partial charge on any atom is -0.484 e. The van der Waals surface area contributed by atoms with Crippen molar-refractivity contribution in [3.05, 3.63) is 23.8 Å². The van der Waals surface area contributed by atoms with Crippen molar-refractivity contribution >= 4 is 18.5 Å². The molecule has 0 radical (unpaired) electrons. The van der Waals surface area contributed by atoms with E-state index in [2.05, 4.69) is 0 Å². The number of hydrogen-bond donors (Lipinski definition) is 0. The Hall–Kier alpha value is -1.67. The molecule has 1 amide bonds. The number of ether oxygens (including phenoxy) is 1. The van der Waals surface area contributed by atoms with Gasteiger partial charge in [0.15, 0.2) is 6.61 Å². The summed E-state index contributed by atoms with van der Waals surface area (Å²) in [4.78, 5) is 13.2. The van der Waals surface area contributed by atoms with Gasteiger partial charge in [-0.1, -0.05) is 12.1 Å². The van der Waals surface area contributed by atoms with Crippen LogP contribution in [0.3, 0.4) is 0 Å². The van der Waals surface area contributed by atoms with Crippen LogP contribution in [-0.4, -0.2) is 54.7 Å². The van der Waals surface area contributed by atoms with Gasteiger partial charge >= 0.3 is 7.12 Å². The van der Waals surface area contributed by atoms with Crippen LogP contribution in [-0.2, 0) is 14.1 Å². The number of nitrogens with zero attached hydrogens (tertiary/aromatic N) is 1. The van der Waals surface area contributed by atoms with Gasteiger partial charge in [0.2, 0.25) is 0 Å². The van der Waals surface area contributed by atoms with Crippen molar-refractivity contribution < 1.29 is 27.6 Å². The van der Waals surface area contributed by atoms with E-state index in [-0.39, 0.29) is 19.6 Å². The first kappa shape index (κ1) is 20.1. The zero-order valence-corrected chi connectivity index (χ0v) is 16.5. The van der Waals surface area contributed by atoms with E-state index in [9.17, 15) is 13.6 Å². The monoisotopic (exact) mass is 381 g/mol. The maximum Gasteiger partial charge on any atom is 0.494 e. The maximum atomic E-state index is 13.2. The number of likely N-dealkylation sites (tertiary alicyclic amines) is 1. The molecule has 0 atom stereocenters. The molecule has 0 N–H and O–H groups in total. The van der Waals surface area contributed by atoms with E-state index < -0.39 is 36.7 Å². The van der Waals surface area contributed by atoms with Crippen LogP contribution in [0, 0.1) is 6.92 Å². The lowest BCUT2D eigenvalue weighted by atomic mass is 9.78. The fraction of sp³-hybridized carbons (Fsp3) is 0.632. The summed E-state index contributed by atoms with van der Waals surface area (Å²) in [7, 11) is -0.476. The van der Waals surface area contributed by atoms with Gasteiger partial charge in [0.1, 0.15) is 5.75 Å². The standard InChI is InChI=1S/C19H26BF2NO4/c1-13-10-14(20-26-17(2,3)18(4,5)27-20)6-7-15(13)25-11-16(24)23-9-8-19(21,22)12-23/h6-7,10H,8-9,11-12H2,1-5H3. The summed E-state index contributed by atoms with van der Waals surface area (Å²) in [6.07, 6.45) is -0.291. The van der Waals surface area contributed by atoms with Gasteiger partial charge < -0.3 is 18.9 Å². The lowest BCUT2D eigenvalue weighted by molar-refractivity contribution is -0.133. The first-order valence-corrected chi connectivity index (χ1v) is 9.15. The van der Waals surface area contributed by atoms with Crippen LogP contribution in [0.25, 0.3) is 0 Å². The van der Waals surface area contributed by atoms with E-state index in [1.165, 1.54) is 0 Å². The molecule has 2 saturated heterocycles. The topological polar surface area (TPSA) is 48.0 Å². The molecule has 1 aromatic carbocycles. The summed E-state index contributed by atoms with van der Waals surface area (Å²) < 4.78 is 44.1. The Morgan fingerprint density at radius 2 is 1.85 bits per heavy atom. The molecule has 27 heavy (non-hydrogen) atoms. The Kier molecular flexibility index (Phi) is 5.01. The molecule has 0 aromatic heterocycles. The third-order valence-electron chi connectivity index (χ3n) is 5.60. The average Bonchev–Trinajstić information content (AvgIpc) is 3.02. The highest BCUT2D eigenvalue weighted by atomic mass is 19.3. The minimum absolute atomic E-state index is 0.0645. The van der Waals surface area contributed by atoms with Gasteiger partial charge in [-0.05, 0) is 51.7 Å². The fourth-order valence-electron chi connectivity index (χ4n) is 3.14. The number of alkyl halides is 2. The molecule has 1 aromatic rings. The van der Waals surface area contributed by atoms with Crippen molar-refractivity contribution in [3.8, 4) is 5.75 Å². The Bertz CT molecular complexity index is 722. The predicted molar refractivity (Wildman–Crippen MR) is 98.5 cm³/mol. The van der Waals surface area contributed by atoms with Gasteiger partial charge in [-0.15, -0.1) is 0 Å². The van der Waals surface area contributed by atoms with Gasteiger partial charge in [0, 0.05) is 13.0 Å². The molecule has 2 fully saturated rings. The summed E-state index contributed by atoms with van der Waals surface area (Å²) in [6, 6.07) is 5.48. The second kappa shape index (κ2) is 6.74. The maximum absolute atomic E-state index is 13.2. The van der Waals surface area contributed by atoms with Crippen molar-refractivity contribution in [3.63, 3.8) is 0 Å². The second-order valence-corrected chi connectivity index (χ2v) is 8.32. The van der Waals surface area contributed by atoms with Crippen LogP contribution in [0.1, 0.15) is 39.7 Å². The Balaban J connectivity index is 1.62. The van der Waals surface area contributed by atoms with Crippen LogP contribution < -0.4 is 10.2 Å². The van der Waals surface area contributed by atoms with Gasteiger partial charge in [-0.2, -0.15) is 0 Å². The Labute approximate surface area is 159 Å². The van der Waals surface area contributed by atoms with Gasteiger partial charge in [-0.3, -0.25) is 4.79 Å². The van der Waals surface area contributed by atoms with Crippen LogP contribution in [0.5, 0.6) is 5.75 Å². The molecule has 2 aliphatic heterocycles. The first-order chi connectivity index (χ1) is 12.4. The number of hydrogen-bond acceptors (Lipinski definition) is 4. The Morgan fingerprint density at radius 3 is 2.37 bits per heavy atom. The highest BCUT2D eigenvalue weighted by Gasteiger charge is 2.51. The van der Waals surface area contributed by atoms with E-state index in [0.29, 0.717) is 5.75 Å². The Morgan fingerprint density at radius 1 is 1.22 bits per heavy atom. The quantitative estimate of drug-likeness (QED) is 0.753. The predicted octanol–water partition coefficient (Wildman–Crippen LogP) is 2.54. The molecular weight excluding hydrogens is 355 g/mol. The van der Waals surface area contributed by atoms with Crippen molar-refractivity contribution in [2.75, 3.05) is 19.7 Å². The normalized spacial score (nSPS) is 22.9. The van der Waals surface area contributed by atoms with Crippen LogP contribution >= 0.6 is 0 Å². The molecule has 2 heterocycles. The van der Waals surface area contributed by atoms with Crippen molar-refractivity contribution in [1.82, 2.24) is 4.90 Å². The van der Waals surface area contributed by atoms with Crippen molar-refractivity contribution in [2.24, 2.45) is 0 Å². The molecule has 148 valence electrons. The molecule has 0 aliphatic carbocycles. The zero-order valence-electron chi connectivity index (χ0n) is 16.5. The molecular formula is C19H26BF2NO4. The molecule has 5 nitrogen and oxygen atoms in total. The molecule has 0 saturated carbocycles. The van der Waals surface area contributed by atoms with Crippen LogP contribution in [0.2, 0.25) is 0 Å². The summed E-state index contributed by atoms with van der Waals surface area (Å²) in [5.74, 6) is -2.69. The van der Waals surface area contributed by atoms with Crippen LogP contribution in [0.4, 0.5) is 8.78 Å². The van der Waals surface area contributed by atoms with Crippen LogP contribution in [0.15, 0.2) is 18.2 Å². The molecule has 8 heteroatoms. The number of carbonyl (C=O) groups excluding carboxylic acids is 1. The third-order valence-corrected chi connectivity index (χ3v) is 5.60. The summed E-state index contributed by atoms with van der Waals surface area (Å²) in [6.45, 7) is 9.10. The summed E-state index contributed by atoms with van der Waals surface area (Å²) in [5, 5.41) is 0. The zero-order chi connectivity index (χ0) is 20.0. The summed E-state index contributed by atoms with van der Waals surface area (Å²) in [5.41, 5.74) is 0.835. The lowest BCUT2D eigenvalue weighted by Crippen LogP contribution is -2.41. The highest BCUT2D eigenvalue weighted by molar-refractivity contribution is 6.62. The highest BCUT2D eigenvalue weighted by Crippen LogP contribution is 2.36. The molecule has 0 bridgehead atoms. The largest absolute Gasteiger partial charge is 0.494 e. The van der Waals surface area contributed by atoms with E-state index in [1.54, 1.807) is 6.07 Å². The molecule has 0 unspecified atom stereocenters.